The zero-order valence-electron chi connectivity index (χ0n) is 20.2. The van der Waals surface area contributed by atoms with Crippen LogP contribution in [0, 0.1) is 17.6 Å². The number of hydrogen-bond acceptors (Lipinski definition) is 5. The van der Waals surface area contributed by atoms with E-state index in [1.807, 2.05) is 4.90 Å². The molecule has 4 rings (SSSR count). The van der Waals surface area contributed by atoms with Crippen molar-refractivity contribution >= 4 is 23.7 Å². The van der Waals surface area contributed by atoms with Gasteiger partial charge in [0.1, 0.15) is 17.7 Å². The van der Waals surface area contributed by atoms with Gasteiger partial charge in [0, 0.05) is 50.3 Å². The van der Waals surface area contributed by atoms with Crippen LogP contribution in [0.3, 0.4) is 0 Å². The Morgan fingerprint density at radius 3 is 2.50 bits per heavy atom. The smallest absolute Gasteiger partial charge is 0.407 e. The fourth-order valence-electron chi connectivity index (χ4n) is 4.90. The third kappa shape index (κ3) is 7.02. The molecule has 36 heavy (non-hydrogen) atoms. The molecule has 0 bridgehead atoms. The second-order valence-corrected chi connectivity index (χ2v) is 9.58. The molecule has 1 saturated heterocycles. The van der Waals surface area contributed by atoms with Crippen LogP contribution >= 0.6 is 0 Å². The molecule has 2 heterocycles. The molecule has 3 N–H and O–H groups in total. The lowest BCUT2D eigenvalue weighted by atomic mass is 9.97. The maximum absolute atomic E-state index is 13.3. The Kier molecular flexibility index (Phi) is 8.17. The van der Waals surface area contributed by atoms with Gasteiger partial charge in [-0.1, -0.05) is 0 Å². The Morgan fingerprint density at radius 1 is 1.08 bits per heavy atom. The molecule has 1 aliphatic carbocycles. The monoisotopic (exact) mass is 503 g/mol. The van der Waals surface area contributed by atoms with Crippen LogP contribution in [0.1, 0.15) is 56.2 Å². The third-order valence-corrected chi connectivity index (χ3v) is 6.85. The highest BCUT2D eigenvalue weighted by Crippen LogP contribution is 2.35. The fraction of sp³-hybridized carbons (Fsp3) is 0.520. The number of piperidine rings is 1. The van der Waals surface area contributed by atoms with E-state index in [1.54, 1.807) is 13.0 Å². The molecule has 2 atom stereocenters. The van der Waals surface area contributed by atoms with Gasteiger partial charge in [-0.3, -0.25) is 14.7 Å². The number of amides is 3. The first-order valence-corrected chi connectivity index (χ1v) is 12.2. The number of aromatic nitrogens is 2. The van der Waals surface area contributed by atoms with Gasteiger partial charge in [0.05, 0.1) is 6.42 Å². The van der Waals surface area contributed by atoms with E-state index >= 15 is 0 Å². The number of hydrogen-bond donors (Lipinski definition) is 3. The quantitative estimate of drug-likeness (QED) is 0.535. The van der Waals surface area contributed by atoms with Crippen molar-refractivity contribution in [1.29, 1.82) is 0 Å². The molecule has 9 nitrogen and oxygen atoms in total. The Bertz CT molecular complexity index is 1080. The summed E-state index contributed by atoms with van der Waals surface area (Å²) >= 11 is 0. The average Bonchev–Trinajstić information content (AvgIpc) is 3.46. The lowest BCUT2D eigenvalue weighted by Crippen LogP contribution is -2.41. The van der Waals surface area contributed by atoms with Crippen LogP contribution in [0.15, 0.2) is 24.3 Å². The number of benzene rings is 1. The van der Waals surface area contributed by atoms with Crippen LogP contribution in [0.5, 0.6) is 0 Å². The molecule has 11 heteroatoms. The van der Waals surface area contributed by atoms with Crippen LogP contribution in [0.4, 0.5) is 19.4 Å². The van der Waals surface area contributed by atoms with Crippen LogP contribution in [-0.2, 0) is 20.7 Å². The van der Waals surface area contributed by atoms with Crippen molar-refractivity contribution in [1.82, 2.24) is 20.4 Å². The summed E-state index contributed by atoms with van der Waals surface area (Å²) in [5.41, 5.74) is 1.06. The summed E-state index contributed by atoms with van der Waals surface area (Å²) in [4.78, 5) is 37.7. The van der Waals surface area contributed by atoms with Crippen LogP contribution in [0.25, 0.3) is 0 Å². The molecular formula is C25H31F2N5O4. The highest BCUT2D eigenvalue weighted by molar-refractivity contribution is 5.91. The van der Waals surface area contributed by atoms with Gasteiger partial charge in [-0.15, -0.1) is 0 Å². The standard InChI is InChI=1S/C25H31F2N5O4/c1-15(33)32-6-4-16(5-7-32)14-28-25(35)36-21-3-2-18(11-21)22-13-23(31-30-22)29-24(34)10-17-8-19(26)12-20(27)9-17/h8-9,12-13,16,18,21H,2-7,10-11,14H2,1H3,(H,28,35)(H2,29,30,31,34)/t18-,21+/m1/s1. The van der Waals surface area contributed by atoms with Gasteiger partial charge in [0.15, 0.2) is 5.82 Å². The number of halogens is 2. The predicted molar refractivity (Wildman–Crippen MR) is 127 cm³/mol. The molecule has 2 aliphatic rings. The van der Waals surface area contributed by atoms with Crippen molar-refractivity contribution in [3.63, 3.8) is 0 Å². The van der Waals surface area contributed by atoms with Gasteiger partial charge >= 0.3 is 6.09 Å². The van der Waals surface area contributed by atoms with Crippen LogP contribution in [-0.4, -0.2) is 58.7 Å². The Morgan fingerprint density at radius 2 is 1.81 bits per heavy atom. The number of likely N-dealkylation sites (tertiary alicyclic amines) is 1. The maximum Gasteiger partial charge on any atom is 0.407 e. The van der Waals surface area contributed by atoms with Gasteiger partial charge in [0.25, 0.3) is 0 Å². The largest absolute Gasteiger partial charge is 0.446 e. The topological polar surface area (TPSA) is 116 Å². The molecule has 0 radical (unpaired) electrons. The number of nitrogens with one attached hydrogen (secondary N) is 3. The first kappa shape index (κ1) is 25.6. The van der Waals surface area contributed by atoms with E-state index in [4.69, 9.17) is 4.74 Å². The van der Waals surface area contributed by atoms with Crippen LogP contribution in [0.2, 0.25) is 0 Å². The normalized spacial score (nSPS) is 20.2. The lowest BCUT2D eigenvalue weighted by Gasteiger charge is -2.31. The molecular weight excluding hydrogens is 472 g/mol. The summed E-state index contributed by atoms with van der Waals surface area (Å²) in [6.07, 6.45) is 3.08. The number of ether oxygens (including phenoxy) is 1. The van der Waals surface area contributed by atoms with Gasteiger partial charge in [-0.05, 0) is 55.7 Å². The number of carbonyl (C=O) groups is 3. The van der Waals surface area contributed by atoms with Gasteiger partial charge < -0.3 is 20.3 Å². The molecule has 1 aliphatic heterocycles. The van der Waals surface area contributed by atoms with Crippen molar-refractivity contribution in [2.75, 3.05) is 25.0 Å². The average molecular weight is 504 g/mol. The zero-order chi connectivity index (χ0) is 25.7. The number of alkyl carbamates (subject to hydrolysis) is 1. The zero-order valence-corrected chi connectivity index (χ0v) is 20.2. The highest BCUT2D eigenvalue weighted by Gasteiger charge is 2.30. The van der Waals surface area contributed by atoms with Crippen molar-refractivity contribution in [2.24, 2.45) is 5.92 Å². The number of H-pyrrole nitrogens is 1. The summed E-state index contributed by atoms with van der Waals surface area (Å²) in [7, 11) is 0. The summed E-state index contributed by atoms with van der Waals surface area (Å²) in [5, 5.41) is 12.5. The first-order valence-electron chi connectivity index (χ1n) is 12.2. The molecule has 2 aromatic rings. The van der Waals surface area contributed by atoms with E-state index in [9.17, 15) is 23.2 Å². The van der Waals surface area contributed by atoms with Crippen molar-refractivity contribution < 1.29 is 27.9 Å². The number of carbonyl (C=O) groups excluding carboxylic acids is 3. The number of rotatable bonds is 7. The number of aromatic amines is 1. The maximum atomic E-state index is 13.3. The molecule has 1 aromatic heterocycles. The van der Waals surface area contributed by atoms with E-state index < -0.39 is 23.6 Å². The van der Waals surface area contributed by atoms with Crippen molar-refractivity contribution in [3.05, 3.63) is 47.2 Å². The SMILES string of the molecule is CC(=O)N1CCC(CNC(=O)O[C@H]2CC[C@@H](c3cc(NC(=O)Cc4cc(F)cc(F)c4)n[nH]3)C2)CC1. The van der Waals surface area contributed by atoms with Crippen LogP contribution < -0.4 is 10.6 Å². The Balaban J connectivity index is 1.18. The molecule has 0 unspecified atom stereocenters. The second-order valence-electron chi connectivity index (χ2n) is 9.58. The van der Waals surface area contributed by atoms with Gasteiger partial charge in [-0.2, -0.15) is 5.10 Å². The molecule has 2 fully saturated rings. The number of nitrogens with zero attached hydrogens (tertiary/aromatic N) is 2. The minimum Gasteiger partial charge on any atom is -0.446 e. The van der Waals surface area contributed by atoms with E-state index in [2.05, 4.69) is 20.8 Å². The summed E-state index contributed by atoms with van der Waals surface area (Å²) in [6, 6.07) is 4.71. The molecule has 1 aromatic carbocycles. The lowest BCUT2D eigenvalue weighted by molar-refractivity contribution is -0.130. The van der Waals surface area contributed by atoms with E-state index in [1.165, 1.54) is 0 Å². The second kappa shape index (κ2) is 11.5. The first-order chi connectivity index (χ1) is 17.2. The van der Waals surface area contributed by atoms with Crippen molar-refractivity contribution in [2.45, 2.75) is 57.5 Å². The Hall–Kier alpha value is -3.50. The summed E-state index contributed by atoms with van der Waals surface area (Å²) in [6.45, 7) is 3.55. The fourth-order valence-corrected chi connectivity index (χ4v) is 4.90. The molecule has 3 amide bonds. The third-order valence-electron chi connectivity index (χ3n) is 6.85. The van der Waals surface area contributed by atoms with E-state index in [0.717, 1.165) is 62.7 Å². The highest BCUT2D eigenvalue weighted by atomic mass is 19.1. The number of anilines is 1. The van der Waals surface area contributed by atoms with Gasteiger partial charge in [0.2, 0.25) is 11.8 Å². The summed E-state index contributed by atoms with van der Waals surface area (Å²) < 4.78 is 32.2. The van der Waals surface area contributed by atoms with E-state index in [0.29, 0.717) is 24.7 Å². The minimum atomic E-state index is -0.735. The predicted octanol–water partition coefficient (Wildman–Crippen LogP) is 3.49. The molecule has 0 spiro atoms. The summed E-state index contributed by atoms with van der Waals surface area (Å²) in [5.74, 6) is -1.05. The van der Waals surface area contributed by atoms with Gasteiger partial charge in [-0.25, -0.2) is 13.6 Å². The molecule has 1 saturated carbocycles. The Labute approximate surface area is 208 Å². The van der Waals surface area contributed by atoms with Crippen molar-refractivity contribution in [3.8, 4) is 0 Å². The minimum absolute atomic E-state index is 0.0870. The molecule has 194 valence electrons. The van der Waals surface area contributed by atoms with E-state index in [-0.39, 0.29) is 29.9 Å².